The van der Waals surface area contributed by atoms with Crippen LogP contribution < -0.4 is 0 Å². The SMILES string of the molecule is CC(C)=C(C)C(O)CCO. The Balaban J connectivity index is 3.94. The molecule has 0 aromatic heterocycles. The van der Waals surface area contributed by atoms with Gasteiger partial charge in [0.25, 0.3) is 0 Å². The van der Waals surface area contributed by atoms with E-state index in [1.807, 2.05) is 20.8 Å². The number of rotatable bonds is 3. The lowest BCUT2D eigenvalue weighted by Gasteiger charge is -2.10. The molecule has 0 bridgehead atoms. The van der Waals surface area contributed by atoms with E-state index < -0.39 is 6.10 Å². The molecule has 1 atom stereocenters. The number of hydrogen-bond donors (Lipinski definition) is 2. The van der Waals surface area contributed by atoms with E-state index in [2.05, 4.69) is 0 Å². The molecule has 0 aliphatic rings. The molecule has 0 heterocycles. The highest BCUT2D eigenvalue weighted by atomic mass is 16.3. The monoisotopic (exact) mass is 144 g/mol. The molecular formula is C8H16O2. The summed E-state index contributed by atoms with van der Waals surface area (Å²) in [7, 11) is 0. The summed E-state index contributed by atoms with van der Waals surface area (Å²) in [6.45, 7) is 5.84. The molecule has 2 nitrogen and oxygen atoms in total. The Bertz CT molecular complexity index is 123. The van der Waals surface area contributed by atoms with Gasteiger partial charge in [-0.15, -0.1) is 0 Å². The summed E-state index contributed by atoms with van der Waals surface area (Å²) in [5.74, 6) is 0. The molecule has 1 unspecified atom stereocenters. The highest BCUT2D eigenvalue weighted by molar-refractivity contribution is 5.11. The maximum atomic E-state index is 9.27. The molecule has 0 aromatic carbocycles. The quantitative estimate of drug-likeness (QED) is 0.582. The molecule has 60 valence electrons. The Labute approximate surface area is 62.2 Å². The van der Waals surface area contributed by atoms with Crippen LogP contribution in [0.25, 0.3) is 0 Å². The third kappa shape index (κ3) is 2.99. The smallest absolute Gasteiger partial charge is 0.0771 e. The van der Waals surface area contributed by atoms with E-state index in [-0.39, 0.29) is 6.61 Å². The zero-order valence-corrected chi connectivity index (χ0v) is 6.89. The molecule has 0 amide bonds. The van der Waals surface area contributed by atoms with Crippen molar-refractivity contribution in [3.63, 3.8) is 0 Å². The summed E-state index contributed by atoms with van der Waals surface area (Å²) >= 11 is 0. The van der Waals surface area contributed by atoms with E-state index >= 15 is 0 Å². The average molecular weight is 144 g/mol. The van der Waals surface area contributed by atoms with E-state index in [1.165, 1.54) is 0 Å². The molecule has 0 spiro atoms. The minimum absolute atomic E-state index is 0.0474. The normalized spacial score (nSPS) is 12.9. The van der Waals surface area contributed by atoms with Crippen molar-refractivity contribution in [3.05, 3.63) is 11.1 Å². The highest BCUT2D eigenvalue weighted by Crippen LogP contribution is 2.09. The first-order valence-electron chi connectivity index (χ1n) is 3.52. The molecule has 0 rings (SSSR count). The summed E-state index contributed by atoms with van der Waals surface area (Å²) < 4.78 is 0. The topological polar surface area (TPSA) is 40.5 Å². The predicted octanol–water partition coefficient (Wildman–Crippen LogP) is 1.09. The molecule has 0 radical (unpaired) electrons. The van der Waals surface area contributed by atoms with Crippen molar-refractivity contribution in [2.45, 2.75) is 33.3 Å². The molecule has 0 aliphatic carbocycles. The third-order valence-electron chi connectivity index (χ3n) is 1.69. The van der Waals surface area contributed by atoms with Gasteiger partial charge in [0.2, 0.25) is 0 Å². The Morgan fingerprint density at radius 1 is 1.30 bits per heavy atom. The van der Waals surface area contributed by atoms with Crippen molar-refractivity contribution in [2.75, 3.05) is 6.61 Å². The molecule has 0 aromatic rings. The van der Waals surface area contributed by atoms with Gasteiger partial charge in [0.15, 0.2) is 0 Å². The van der Waals surface area contributed by atoms with Crippen LogP contribution in [0.5, 0.6) is 0 Å². The number of aliphatic hydroxyl groups excluding tert-OH is 2. The molecule has 2 heteroatoms. The first kappa shape index (κ1) is 9.66. The standard InChI is InChI=1S/C8H16O2/c1-6(2)7(3)8(10)4-5-9/h8-10H,4-5H2,1-3H3. The summed E-state index contributed by atoms with van der Waals surface area (Å²) in [6.07, 6.45) is -0.0215. The van der Waals surface area contributed by atoms with Gasteiger partial charge in [0, 0.05) is 13.0 Å². The van der Waals surface area contributed by atoms with E-state index in [0.717, 1.165) is 11.1 Å². The molecule has 0 saturated carbocycles. The molecule has 0 fully saturated rings. The van der Waals surface area contributed by atoms with E-state index in [4.69, 9.17) is 5.11 Å². The largest absolute Gasteiger partial charge is 0.396 e. The van der Waals surface area contributed by atoms with Crippen molar-refractivity contribution in [2.24, 2.45) is 0 Å². The van der Waals surface area contributed by atoms with E-state index in [9.17, 15) is 5.11 Å². The van der Waals surface area contributed by atoms with Crippen LogP contribution in [0.4, 0.5) is 0 Å². The van der Waals surface area contributed by atoms with Crippen LogP contribution in [0.3, 0.4) is 0 Å². The van der Waals surface area contributed by atoms with Crippen LogP contribution in [-0.4, -0.2) is 22.9 Å². The average Bonchev–Trinajstić information content (AvgIpc) is 1.87. The van der Waals surface area contributed by atoms with E-state index in [1.54, 1.807) is 0 Å². The van der Waals surface area contributed by atoms with Gasteiger partial charge in [-0.1, -0.05) is 5.57 Å². The van der Waals surface area contributed by atoms with Crippen molar-refractivity contribution >= 4 is 0 Å². The van der Waals surface area contributed by atoms with Crippen LogP contribution in [0, 0.1) is 0 Å². The first-order chi connectivity index (χ1) is 4.59. The molecule has 10 heavy (non-hydrogen) atoms. The van der Waals surface area contributed by atoms with Crippen molar-refractivity contribution < 1.29 is 10.2 Å². The Hall–Kier alpha value is -0.340. The zero-order chi connectivity index (χ0) is 8.15. The lowest BCUT2D eigenvalue weighted by Crippen LogP contribution is -2.10. The Morgan fingerprint density at radius 3 is 2.10 bits per heavy atom. The summed E-state index contributed by atoms with van der Waals surface area (Å²) in [5, 5.41) is 17.8. The molecule has 0 aliphatic heterocycles. The van der Waals surface area contributed by atoms with Gasteiger partial charge in [-0.2, -0.15) is 0 Å². The highest BCUT2D eigenvalue weighted by Gasteiger charge is 2.05. The van der Waals surface area contributed by atoms with Crippen LogP contribution in [0.1, 0.15) is 27.2 Å². The summed E-state index contributed by atoms with van der Waals surface area (Å²) in [4.78, 5) is 0. The Morgan fingerprint density at radius 2 is 1.80 bits per heavy atom. The fraction of sp³-hybridized carbons (Fsp3) is 0.750. The van der Waals surface area contributed by atoms with Gasteiger partial charge >= 0.3 is 0 Å². The number of allylic oxidation sites excluding steroid dienone is 1. The minimum atomic E-state index is -0.463. The zero-order valence-electron chi connectivity index (χ0n) is 6.89. The van der Waals surface area contributed by atoms with Crippen molar-refractivity contribution in [1.29, 1.82) is 0 Å². The number of hydrogen-bond acceptors (Lipinski definition) is 2. The second kappa shape index (κ2) is 4.47. The molecular weight excluding hydrogens is 128 g/mol. The lowest BCUT2D eigenvalue weighted by atomic mass is 10.0. The van der Waals surface area contributed by atoms with Crippen molar-refractivity contribution in [1.82, 2.24) is 0 Å². The number of aliphatic hydroxyl groups is 2. The van der Waals surface area contributed by atoms with Gasteiger partial charge in [-0.3, -0.25) is 0 Å². The lowest BCUT2D eigenvalue weighted by molar-refractivity contribution is 0.160. The van der Waals surface area contributed by atoms with Gasteiger partial charge in [-0.25, -0.2) is 0 Å². The van der Waals surface area contributed by atoms with Crippen molar-refractivity contribution in [3.8, 4) is 0 Å². The second-order valence-electron chi connectivity index (χ2n) is 2.71. The Kier molecular flexibility index (Phi) is 4.32. The van der Waals surface area contributed by atoms with Gasteiger partial charge in [0.05, 0.1) is 6.10 Å². The summed E-state index contributed by atoms with van der Waals surface area (Å²) in [5.41, 5.74) is 2.09. The fourth-order valence-corrected chi connectivity index (χ4v) is 0.672. The summed E-state index contributed by atoms with van der Waals surface area (Å²) in [6, 6.07) is 0. The van der Waals surface area contributed by atoms with Gasteiger partial charge < -0.3 is 10.2 Å². The van der Waals surface area contributed by atoms with Crippen LogP contribution in [0.15, 0.2) is 11.1 Å². The van der Waals surface area contributed by atoms with Gasteiger partial charge in [-0.05, 0) is 26.3 Å². The molecule has 2 N–H and O–H groups in total. The third-order valence-corrected chi connectivity index (χ3v) is 1.69. The predicted molar refractivity (Wildman–Crippen MR) is 41.8 cm³/mol. The van der Waals surface area contributed by atoms with Crippen LogP contribution >= 0.6 is 0 Å². The minimum Gasteiger partial charge on any atom is -0.396 e. The van der Waals surface area contributed by atoms with Gasteiger partial charge in [0.1, 0.15) is 0 Å². The maximum absolute atomic E-state index is 9.27. The second-order valence-corrected chi connectivity index (χ2v) is 2.71. The van der Waals surface area contributed by atoms with Crippen LogP contribution in [-0.2, 0) is 0 Å². The molecule has 0 saturated heterocycles. The fourth-order valence-electron chi connectivity index (χ4n) is 0.672. The van der Waals surface area contributed by atoms with Crippen LogP contribution in [0.2, 0.25) is 0 Å². The maximum Gasteiger partial charge on any atom is 0.0771 e. The first-order valence-corrected chi connectivity index (χ1v) is 3.52. The van der Waals surface area contributed by atoms with E-state index in [0.29, 0.717) is 6.42 Å².